The lowest BCUT2D eigenvalue weighted by Gasteiger charge is -2.16. The van der Waals surface area contributed by atoms with Crippen LogP contribution in [0.1, 0.15) is 42.1 Å². The minimum absolute atomic E-state index is 0.0211. The average molecular weight is 289 g/mol. The van der Waals surface area contributed by atoms with Gasteiger partial charge in [-0.2, -0.15) is 0 Å². The van der Waals surface area contributed by atoms with E-state index < -0.39 is 0 Å². The maximum absolute atomic E-state index is 12.3. The maximum Gasteiger partial charge on any atom is 0.253 e. The highest BCUT2D eigenvalue weighted by atomic mass is 16.1. The van der Waals surface area contributed by atoms with Gasteiger partial charge >= 0.3 is 0 Å². The van der Waals surface area contributed by atoms with Crippen molar-refractivity contribution in [2.45, 2.75) is 33.1 Å². The third-order valence-corrected chi connectivity index (χ3v) is 3.90. The lowest BCUT2D eigenvalue weighted by Crippen LogP contribution is -2.33. The van der Waals surface area contributed by atoms with Crippen LogP contribution in [-0.4, -0.2) is 43.5 Å². The molecule has 0 spiro atoms. The lowest BCUT2D eigenvalue weighted by molar-refractivity contribution is 0.0950. The van der Waals surface area contributed by atoms with Crippen molar-refractivity contribution in [2.24, 2.45) is 0 Å². The predicted octanol–water partition coefficient (Wildman–Crippen LogP) is 2.64. The summed E-state index contributed by atoms with van der Waals surface area (Å²) in [7, 11) is 0. The van der Waals surface area contributed by atoms with E-state index in [1.165, 1.54) is 31.5 Å². The summed E-state index contributed by atoms with van der Waals surface area (Å²) < 4.78 is 0. The third kappa shape index (κ3) is 4.74. The number of likely N-dealkylation sites (tertiary alicyclic amines) is 1. The largest absolute Gasteiger partial charge is 0.384 e. The van der Waals surface area contributed by atoms with Gasteiger partial charge < -0.3 is 15.5 Å². The van der Waals surface area contributed by atoms with Gasteiger partial charge in [0, 0.05) is 25.3 Å². The van der Waals surface area contributed by atoms with Crippen molar-refractivity contribution in [3.63, 3.8) is 0 Å². The van der Waals surface area contributed by atoms with Crippen LogP contribution in [0.15, 0.2) is 18.2 Å². The third-order valence-electron chi connectivity index (χ3n) is 3.90. The van der Waals surface area contributed by atoms with E-state index in [-0.39, 0.29) is 5.91 Å². The average Bonchev–Trinajstić information content (AvgIpc) is 2.98. The molecule has 0 aliphatic carbocycles. The number of anilines is 1. The monoisotopic (exact) mass is 289 g/mol. The van der Waals surface area contributed by atoms with Gasteiger partial charge in [-0.3, -0.25) is 4.79 Å². The molecule has 4 nitrogen and oxygen atoms in total. The molecule has 1 heterocycles. The van der Waals surface area contributed by atoms with Crippen LogP contribution in [-0.2, 0) is 0 Å². The van der Waals surface area contributed by atoms with Gasteiger partial charge in [0.2, 0.25) is 0 Å². The Balaban J connectivity index is 1.90. The number of hydrogen-bond acceptors (Lipinski definition) is 3. The molecule has 1 aromatic rings. The molecule has 1 aliphatic heterocycles. The second-order valence-electron chi connectivity index (χ2n) is 5.78. The maximum atomic E-state index is 12.3. The lowest BCUT2D eigenvalue weighted by atomic mass is 10.1. The van der Waals surface area contributed by atoms with Crippen molar-refractivity contribution >= 4 is 11.6 Å². The number of nitrogens with zero attached hydrogens (tertiary/aromatic N) is 1. The number of benzene rings is 1. The molecule has 116 valence electrons. The van der Waals surface area contributed by atoms with Gasteiger partial charge in [-0.25, -0.2) is 0 Å². The Morgan fingerprint density at radius 3 is 2.71 bits per heavy atom. The summed E-state index contributed by atoms with van der Waals surface area (Å²) in [6, 6.07) is 5.95. The summed E-state index contributed by atoms with van der Waals surface area (Å²) in [6.45, 7) is 9.07. The van der Waals surface area contributed by atoms with E-state index in [2.05, 4.69) is 22.5 Å². The zero-order valence-corrected chi connectivity index (χ0v) is 13.2. The molecule has 0 bridgehead atoms. The molecule has 0 saturated carbocycles. The van der Waals surface area contributed by atoms with Crippen LogP contribution in [0, 0.1) is 6.92 Å². The van der Waals surface area contributed by atoms with E-state index >= 15 is 0 Å². The predicted molar refractivity (Wildman–Crippen MR) is 88.0 cm³/mol. The summed E-state index contributed by atoms with van der Waals surface area (Å²) in [5, 5.41) is 6.39. The Morgan fingerprint density at radius 2 is 2.00 bits per heavy atom. The number of carbonyl (C=O) groups is 1. The van der Waals surface area contributed by atoms with Crippen LogP contribution in [0.2, 0.25) is 0 Å². The number of carbonyl (C=O) groups excluding carboxylic acids is 1. The van der Waals surface area contributed by atoms with Crippen LogP contribution < -0.4 is 10.6 Å². The number of nitrogens with one attached hydrogen (secondary N) is 2. The standard InChI is InChI=1S/C17H27N3O/c1-3-8-18-16-13-14(2)6-7-15(16)17(21)19-9-12-20-10-4-5-11-20/h6-7,13,18H,3-5,8-12H2,1-2H3,(H,19,21). The van der Waals surface area contributed by atoms with Crippen LogP contribution in [0.25, 0.3) is 0 Å². The van der Waals surface area contributed by atoms with Gasteiger partial charge in [0.25, 0.3) is 5.91 Å². The molecule has 1 aromatic carbocycles. The molecule has 1 amide bonds. The van der Waals surface area contributed by atoms with Crippen LogP contribution >= 0.6 is 0 Å². The van der Waals surface area contributed by atoms with E-state index in [4.69, 9.17) is 0 Å². The molecular formula is C17H27N3O. The number of aryl methyl sites for hydroxylation is 1. The highest BCUT2D eigenvalue weighted by molar-refractivity contribution is 5.99. The molecule has 1 saturated heterocycles. The smallest absolute Gasteiger partial charge is 0.253 e. The van der Waals surface area contributed by atoms with Gasteiger partial charge in [-0.1, -0.05) is 13.0 Å². The molecule has 0 unspecified atom stereocenters. The molecule has 0 aromatic heterocycles. The molecule has 2 rings (SSSR count). The van der Waals surface area contributed by atoms with Crippen molar-refractivity contribution in [3.05, 3.63) is 29.3 Å². The Labute approximate surface area is 127 Å². The topological polar surface area (TPSA) is 44.4 Å². The first-order valence-corrected chi connectivity index (χ1v) is 8.06. The summed E-state index contributed by atoms with van der Waals surface area (Å²) in [5.74, 6) is 0.0211. The second-order valence-corrected chi connectivity index (χ2v) is 5.78. The molecule has 0 radical (unpaired) electrons. The fourth-order valence-corrected chi connectivity index (χ4v) is 2.69. The van der Waals surface area contributed by atoms with Crippen LogP contribution in [0.5, 0.6) is 0 Å². The summed E-state index contributed by atoms with van der Waals surface area (Å²) in [5.41, 5.74) is 2.85. The Morgan fingerprint density at radius 1 is 1.24 bits per heavy atom. The minimum atomic E-state index is 0.0211. The van der Waals surface area contributed by atoms with Crippen molar-refractivity contribution in [3.8, 4) is 0 Å². The van der Waals surface area contributed by atoms with Gasteiger partial charge in [0.05, 0.1) is 5.56 Å². The normalized spacial score (nSPS) is 15.1. The van der Waals surface area contributed by atoms with Crippen LogP contribution in [0.3, 0.4) is 0 Å². The summed E-state index contributed by atoms with van der Waals surface area (Å²) in [6.07, 6.45) is 3.62. The van der Waals surface area contributed by atoms with E-state index in [1.807, 2.05) is 25.1 Å². The first-order chi connectivity index (χ1) is 10.2. The fraction of sp³-hybridized carbons (Fsp3) is 0.588. The second kappa shape index (κ2) is 8.03. The molecule has 2 N–H and O–H groups in total. The summed E-state index contributed by atoms with van der Waals surface area (Å²) >= 11 is 0. The molecule has 4 heteroatoms. The molecular weight excluding hydrogens is 262 g/mol. The Bertz CT molecular complexity index is 467. The molecule has 21 heavy (non-hydrogen) atoms. The number of hydrogen-bond donors (Lipinski definition) is 2. The van der Waals surface area contributed by atoms with Crippen molar-refractivity contribution in [1.82, 2.24) is 10.2 Å². The Kier molecular flexibility index (Phi) is 6.05. The van der Waals surface area contributed by atoms with Gasteiger partial charge in [-0.15, -0.1) is 0 Å². The molecule has 0 atom stereocenters. The van der Waals surface area contributed by atoms with Crippen molar-refractivity contribution in [1.29, 1.82) is 0 Å². The zero-order valence-electron chi connectivity index (χ0n) is 13.2. The number of rotatable bonds is 7. The SMILES string of the molecule is CCCNc1cc(C)ccc1C(=O)NCCN1CCCC1. The first-order valence-electron chi connectivity index (χ1n) is 8.06. The van der Waals surface area contributed by atoms with Crippen molar-refractivity contribution in [2.75, 3.05) is 38.0 Å². The molecule has 1 fully saturated rings. The van der Waals surface area contributed by atoms with E-state index in [0.29, 0.717) is 0 Å². The van der Waals surface area contributed by atoms with Gasteiger partial charge in [-0.05, 0) is 57.0 Å². The van der Waals surface area contributed by atoms with Gasteiger partial charge in [0.1, 0.15) is 0 Å². The molecule has 1 aliphatic rings. The summed E-state index contributed by atoms with van der Waals surface area (Å²) in [4.78, 5) is 14.8. The minimum Gasteiger partial charge on any atom is -0.384 e. The highest BCUT2D eigenvalue weighted by Crippen LogP contribution is 2.17. The van der Waals surface area contributed by atoms with E-state index in [9.17, 15) is 4.79 Å². The fourth-order valence-electron chi connectivity index (χ4n) is 2.69. The zero-order chi connectivity index (χ0) is 15.1. The first kappa shape index (κ1) is 15.8. The van der Waals surface area contributed by atoms with Crippen molar-refractivity contribution < 1.29 is 4.79 Å². The quantitative estimate of drug-likeness (QED) is 0.811. The van der Waals surface area contributed by atoms with Gasteiger partial charge in [0.15, 0.2) is 0 Å². The Hall–Kier alpha value is -1.55. The van der Waals surface area contributed by atoms with Crippen LogP contribution in [0.4, 0.5) is 5.69 Å². The highest BCUT2D eigenvalue weighted by Gasteiger charge is 2.13. The number of amides is 1. The van der Waals surface area contributed by atoms with E-state index in [1.54, 1.807) is 0 Å². The van der Waals surface area contributed by atoms with E-state index in [0.717, 1.165) is 37.3 Å².